The number of ether oxygens (including phenoxy) is 3. The molecule has 1 aliphatic rings. The molecule has 1 amide bonds. The van der Waals surface area contributed by atoms with Gasteiger partial charge in [0.05, 0.1) is 23.7 Å². The second-order valence-electron chi connectivity index (χ2n) is 14.1. The highest BCUT2D eigenvalue weighted by molar-refractivity contribution is 6.32. The van der Waals surface area contributed by atoms with Gasteiger partial charge in [-0.15, -0.1) is 0 Å². The predicted octanol–water partition coefficient (Wildman–Crippen LogP) is 5.59. The number of hydrogen-bond donors (Lipinski definition) is 4. The zero-order chi connectivity index (χ0) is 40.0. The summed E-state index contributed by atoms with van der Waals surface area (Å²) in [7, 11) is 1.90. The molecule has 0 spiro atoms. The van der Waals surface area contributed by atoms with E-state index in [2.05, 4.69) is 63.8 Å². The van der Waals surface area contributed by atoms with Gasteiger partial charge in [0.15, 0.2) is 0 Å². The number of carbonyl (C=O) groups is 1. The molecule has 2 heterocycles. The summed E-state index contributed by atoms with van der Waals surface area (Å²) >= 11 is 6.84. The largest absolute Gasteiger partial charge is 0.493 e. The smallest absolute Gasteiger partial charge is 0.217 e. The van der Waals surface area contributed by atoms with E-state index in [4.69, 9.17) is 37.5 Å². The van der Waals surface area contributed by atoms with Crippen molar-refractivity contribution >= 4 is 23.3 Å². The summed E-state index contributed by atoms with van der Waals surface area (Å²) in [5.41, 5.74) is 9.90. The lowest BCUT2D eigenvalue weighted by Crippen LogP contribution is -2.44. The fourth-order valence-corrected chi connectivity index (χ4v) is 7.11. The molecule has 14 heteroatoms. The second-order valence-corrected chi connectivity index (χ2v) is 14.5. The van der Waals surface area contributed by atoms with Crippen LogP contribution in [0.3, 0.4) is 0 Å². The lowest BCUT2D eigenvalue weighted by molar-refractivity contribution is -0.119. The molecular formula is C42H52ClN9O4. The molecule has 13 nitrogen and oxygen atoms in total. The normalized spacial score (nSPS) is 13.6. The Morgan fingerprint density at radius 1 is 1.00 bits per heavy atom. The molecule has 5 rings (SSSR count). The fourth-order valence-electron chi connectivity index (χ4n) is 6.87. The Morgan fingerprint density at radius 3 is 2.45 bits per heavy atom. The third-order valence-electron chi connectivity index (χ3n) is 9.89. The molecule has 0 bridgehead atoms. The van der Waals surface area contributed by atoms with Crippen LogP contribution in [0, 0.1) is 25.2 Å². The van der Waals surface area contributed by atoms with E-state index < -0.39 is 0 Å². The topological polar surface area (TPSA) is 176 Å². The van der Waals surface area contributed by atoms with Gasteiger partial charge in [0, 0.05) is 68.7 Å². The highest BCUT2D eigenvalue weighted by Gasteiger charge is 2.20. The van der Waals surface area contributed by atoms with Crippen molar-refractivity contribution in [2.75, 3.05) is 39.8 Å². The van der Waals surface area contributed by atoms with E-state index in [0.717, 1.165) is 83.6 Å². The number of benzene rings is 3. The van der Waals surface area contributed by atoms with Crippen molar-refractivity contribution in [1.29, 1.82) is 5.26 Å². The van der Waals surface area contributed by atoms with Gasteiger partial charge in [0.2, 0.25) is 5.91 Å². The van der Waals surface area contributed by atoms with Gasteiger partial charge in [0.1, 0.15) is 42.4 Å². The molecule has 0 aliphatic carbocycles. The molecule has 0 unspecified atom stereocenters. The van der Waals surface area contributed by atoms with Crippen molar-refractivity contribution in [2.24, 2.45) is 16.8 Å². The van der Waals surface area contributed by atoms with Crippen LogP contribution in [0.4, 0.5) is 0 Å². The zero-order valence-electron chi connectivity index (χ0n) is 32.6. The van der Waals surface area contributed by atoms with Crippen LogP contribution >= 0.6 is 11.6 Å². The minimum absolute atomic E-state index is 0.0448. The van der Waals surface area contributed by atoms with E-state index in [1.807, 2.05) is 36.2 Å². The molecule has 0 saturated carbocycles. The SMILES string of the molecule is CC(=O)NC1CCN(CCCOc2cccc(-c3cccc(COc4cc(OCc5cncc(C#N)c5)c(CN(C)C/C(=N/N)NN)cc4Cl)c3C)c2C)CC1. The van der Waals surface area contributed by atoms with Gasteiger partial charge < -0.3 is 35.7 Å². The van der Waals surface area contributed by atoms with Crippen molar-refractivity contribution < 1.29 is 19.0 Å². The van der Waals surface area contributed by atoms with Crippen LogP contribution in [0.5, 0.6) is 17.2 Å². The van der Waals surface area contributed by atoms with E-state index in [-0.39, 0.29) is 25.2 Å². The van der Waals surface area contributed by atoms with Crippen molar-refractivity contribution in [3.63, 3.8) is 0 Å². The first-order valence-electron chi connectivity index (χ1n) is 18.7. The third kappa shape index (κ3) is 11.6. The molecule has 296 valence electrons. The second kappa shape index (κ2) is 20.5. The standard InChI is InChI=1S/C42H52ClN9O4/c1-28-33(8-5-9-36(28)37-10-6-11-39(29(37)2)54-17-7-14-52-15-12-35(13-16-52)48-30(3)53)27-56-41-20-40(55-26-32-18-31(21-44)22-47-23-32)34(19-38(41)43)24-51(4)25-42(49-45)50-46/h5-6,8-11,18-20,22-23,35H,7,12-17,24-27,45-46H2,1-4H3,(H,48,53)(H,49,50). The molecule has 56 heavy (non-hydrogen) atoms. The van der Waals surface area contributed by atoms with Gasteiger partial charge in [-0.2, -0.15) is 10.4 Å². The number of hydrazine groups is 1. The molecule has 0 atom stereocenters. The van der Waals surface area contributed by atoms with Crippen LogP contribution < -0.4 is 36.6 Å². The Kier molecular flexibility index (Phi) is 15.3. The highest BCUT2D eigenvalue weighted by Crippen LogP contribution is 2.36. The summed E-state index contributed by atoms with van der Waals surface area (Å²) in [6.45, 7) is 10.6. The van der Waals surface area contributed by atoms with Crippen LogP contribution in [0.2, 0.25) is 5.02 Å². The molecule has 3 aromatic carbocycles. The van der Waals surface area contributed by atoms with Crippen LogP contribution in [-0.2, 0) is 24.6 Å². The Morgan fingerprint density at radius 2 is 1.73 bits per heavy atom. The van der Waals surface area contributed by atoms with Crippen molar-refractivity contribution in [1.82, 2.24) is 25.5 Å². The van der Waals surface area contributed by atoms with E-state index in [1.165, 1.54) is 6.20 Å². The lowest BCUT2D eigenvalue weighted by Gasteiger charge is -2.32. The van der Waals surface area contributed by atoms with Gasteiger partial charge in [-0.05, 0) is 86.2 Å². The predicted molar refractivity (Wildman–Crippen MR) is 219 cm³/mol. The molecule has 1 aromatic heterocycles. The number of nitrogens with zero attached hydrogens (tertiary/aromatic N) is 5. The Balaban J connectivity index is 1.26. The first kappa shape index (κ1) is 41.8. The monoisotopic (exact) mass is 781 g/mol. The fraction of sp³-hybridized carbons (Fsp3) is 0.381. The molecular weight excluding hydrogens is 730 g/mol. The van der Waals surface area contributed by atoms with Gasteiger partial charge in [-0.3, -0.25) is 14.7 Å². The summed E-state index contributed by atoms with van der Waals surface area (Å²) < 4.78 is 19.0. The number of nitrogens with two attached hydrogens (primary N) is 2. The summed E-state index contributed by atoms with van der Waals surface area (Å²) in [5.74, 6) is 13.4. The molecule has 6 N–H and O–H groups in total. The number of piperidine rings is 1. The summed E-state index contributed by atoms with van der Waals surface area (Å²) in [5, 5.41) is 16.5. The van der Waals surface area contributed by atoms with Gasteiger partial charge in [-0.1, -0.05) is 41.9 Å². The number of hydrazone groups is 1. The first-order valence-corrected chi connectivity index (χ1v) is 19.1. The van der Waals surface area contributed by atoms with Crippen molar-refractivity contribution in [3.8, 4) is 34.4 Å². The van der Waals surface area contributed by atoms with Gasteiger partial charge in [0.25, 0.3) is 0 Å². The molecule has 1 saturated heterocycles. The summed E-state index contributed by atoms with van der Waals surface area (Å²) in [6.07, 6.45) is 6.07. The minimum atomic E-state index is 0.0448. The van der Waals surface area contributed by atoms with E-state index >= 15 is 0 Å². The molecule has 0 radical (unpaired) electrons. The van der Waals surface area contributed by atoms with Crippen LogP contribution in [-0.4, -0.2) is 72.4 Å². The third-order valence-corrected chi connectivity index (χ3v) is 10.2. The number of likely N-dealkylation sites (N-methyl/N-ethyl adjacent to an activating group) is 1. The minimum Gasteiger partial charge on any atom is -0.493 e. The average Bonchev–Trinajstić information content (AvgIpc) is 3.19. The van der Waals surface area contributed by atoms with Crippen molar-refractivity contribution in [2.45, 2.75) is 65.8 Å². The van der Waals surface area contributed by atoms with E-state index in [1.54, 1.807) is 25.3 Å². The number of hydrogen-bond acceptors (Lipinski definition) is 11. The number of halogens is 1. The maximum atomic E-state index is 11.4. The summed E-state index contributed by atoms with van der Waals surface area (Å²) in [6, 6.07) is 20.2. The van der Waals surface area contributed by atoms with Gasteiger partial charge >= 0.3 is 0 Å². The van der Waals surface area contributed by atoms with Gasteiger partial charge in [-0.25, -0.2) is 5.84 Å². The Bertz CT molecular complexity index is 2030. The number of rotatable bonds is 17. The first-order chi connectivity index (χ1) is 27.1. The Labute approximate surface area is 334 Å². The Hall–Kier alpha value is -5.39. The van der Waals surface area contributed by atoms with E-state index in [9.17, 15) is 10.1 Å². The number of nitriles is 1. The lowest BCUT2D eigenvalue weighted by atomic mass is 9.93. The number of amides is 1. The zero-order valence-corrected chi connectivity index (χ0v) is 33.4. The van der Waals surface area contributed by atoms with Crippen molar-refractivity contribution in [3.05, 3.63) is 105 Å². The van der Waals surface area contributed by atoms with Crippen LogP contribution in [0.15, 0.2) is 72.1 Å². The molecule has 1 aliphatic heterocycles. The molecule has 1 fully saturated rings. The highest BCUT2D eigenvalue weighted by atomic mass is 35.5. The van der Waals surface area contributed by atoms with Crippen LogP contribution in [0.25, 0.3) is 11.1 Å². The number of likely N-dealkylation sites (tertiary alicyclic amines) is 1. The number of carbonyl (C=O) groups excluding carboxylic acids is 1. The maximum absolute atomic E-state index is 11.4. The average molecular weight is 782 g/mol. The molecule has 4 aromatic rings. The number of amidine groups is 1. The van der Waals surface area contributed by atoms with E-state index in [0.29, 0.717) is 47.6 Å². The number of aromatic nitrogens is 1. The quantitative estimate of drug-likeness (QED) is 0.0346. The summed E-state index contributed by atoms with van der Waals surface area (Å²) in [4.78, 5) is 19.9. The maximum Gasteiger partial charge on any atom is 0.217 e. The number of pyridine rings is 1. The van der Waals surface area contributed by atoms with Crippen LogP contribution in [0.1, 0.15) is 59.6 Å². The number of nitrogens with one attached hydrogen (secondary N) is 2.